The number of aromatic amines is 1. The van der Waals surface area contributed by atoms with Gasteiger partial charge in [-0.15, -0.1) is 0 Å². The number of nitrogens with zero attached hydrogens (tertiary/aromatic N) is 3. The third-order valence-electron chi connectivity index (χ3n) is 3.66. The quantitative estimate of drug-likeness (QED) is 0.712. The lowest BCUT2D eigenvalue weighted by atomic mass is 10.1. The maximum Gasteiger partial charge on any atom is 0.208 e. The highest BCUT2D eigenvalue weighted by Crippen LogP contribution is 2.31. The van der Waals surface area contributed by atoms with Gasteiger partial charge in [-0.25, -0.2) is 23.1 Å². The van der Waals surface area contributed by atoms with Gasteiger partial charge in [0.2, 0.25) is 10.0 Å². The Balaban J connectivity index is 2.01. The second-order valence-corrected chi connectivity index (χ2v) is 7.38. The van der Waals surface area contributed by atoms with Gasteiger partial charge in [0.05, 0.1) is 30.3 Å². The minimum Gasteiger partial charge on any atom is -0.348 e. The van der Waals surface area contributed by atoms with E-state index in [0.717, 1.165) is 34.6 Å². The van der Waals surface area contributed by atoms with Crippen molar-refractivity contribution in [2.75, 3.05) is 12.8 Å². The Morgan fingerprint density at radius 1 is 1.17 bits per heavy atom. The Kier molecular flexibility index (Phi) is 4.50. The first-order valence-corrected chi connectivity index (χ1v) is 9.40. The Morgan fingerprint density at radius 2 is 1.92 bits per heavy atom. The molecule has 0 amide bonds. The number of aromatic nitrogens is 4. The summed E-state index contributed by atoms with van der Waals surface area (Å²) in [5.41, 5.74) is 4.43. The number of sulfonamides is 1. The predicted molar refractivity (Wildman–Crippen MR) is 92.8 cm³/mol. The van der Waals surface area contributed by atoms with Crippen LogP contribution in [0.3, 0.4) is 0 Å². The third-order valence-corrected chi connectivity index (χ3v) is 4.38. The molecular weight excluding hydrogens is 326 g/mol. The molecule has 0 aliphatic rings. The molecule has 126 valence electrons. The average molecular weight is 345 g/mol. The molecule has 0 saturated carbocycles. The van der Waals surface area contributed by atoms with E-state index < -0.39 is 10.0 Å². The van der Waals surface area contributed by atoms with Crippen LogP contribution in [0.4, 0.5) is 0 Å². The molecule has 0 saturated heterocycles. The minimum absolute atomic E-state index is 0.292. The summed E-state index contributed by atoms with van der Waals surface area (Å²) in [6.07, 6.45) is 4.51. The fourth-order valence-corrected chi connectivity index (χ4v) is 3.02. The summed E-state index contributed by atoms with van der Waals surface area (Å²) in [4.78, 5) is 12.0. The Labute approximate surface area is 140 Å². The van der Waals surface area contributed by atoms with Crippen molar-refractivity contribution in [3.05, 3.63) is 48.7 Å². The van der Waals surface area contributed by atoms with Crippen LogP contribution in [0.25, 0.3) is 22.6 Å². The Hall–Kier alpha value is -2.45. The predicted octanol–water partition coefficient (Wildman–Crippen LogP) is 1.80. The van der Waals surface area contributed by atoms with Gasteiger partial charge in [0.1, 0.15) is 5.69 Å². The first-order valence-electron chi connectivity index (χ1n) is 7.51. The molecule has 2 N–H and O–H groups in total. The van der Waals surface area contributed by atoms with Gasteiger partial charge >= 0.3 is 0 Å². The number of hydrogen-bond acceptors (Lipinski definition) is 4. The molecule has 0 aliphatic carbocycles. The number of nitrogens with one attached hydrogen (secondary N) is 2. The molecule has 7 nitrogen and oxygen atoms in total. The summed E-state index contributed by atoms with van der Waals surface area (Å²) < 4.78 is 26.9. The van der Waals surface area contributed by atoms with E-state index in [2.05, 4.69) is 19.7 Å². The summed E-state index contributed by atoms with van der Waals surface area (Å²) in [7, 11) is -3.22. The molecule has 24 heavy (non-hydrogen) atoms. The molecular formula is C16H19N5O2S. The molecule has 0 spiro atoms. The van der Waals surface area contributed by atoms with Crippen LogP contribution in [0.2, 0.25) is 0 Å². The van der Waals surface area contributed by atoms with Gasteiger partial charge in [-0.1, -0.05) is 30.3 Å². The number of aryl methyl sites for hydroxylation is 1. The zero-order valence-corrected chi connectivity index (χ0v) is 14.3. The Bertz CT molecular complexity index is 929. The largest absolute Gasteiger partial charge is 0.348 e. The number of hydrogen-bond donors (Lipinski definition) is 2. The first-order chi connectivity index (χ1) is 11.5. The van der Waals surface area contributed by atoms with Gasteiger partial charge in [0, 0.05) is 24.3 Å². The average Bonchev–Trinajstić information content (AvgIpc) is 3.13. The van der Waals surface area contributed by atoms with Gasteiger partial charge in [0.25, 0.3) is 0 Å². The van der Waals surface area contributed by atoms with Crippen molar-refractivity contribution >= 4 is 10.0 Å². The topological polar surface area (TPSA) is 92.7 Å². The SMILES string of the molecule is Cc1[nH]cnc1-c1c(-c2ccccc2)ncn1CCNS(C)(=O)=O. The lowest BCUT2D eigenvalue weighted by Gasteiger charge is -2.10. The van der Waals surface area contributed by atoms with E-state index in [1.165, 1.54) is 0 Å². The molecule has 0 radical (unpaired) electrons. The third kappa shape index (κ3) is 3.55. The van der Waals surface area contributed by atoms with Gasteiger partial charge in [0.15, 0.2) is 0 Å². The maximum atomic E-state index is 11.3. The summed E-state index contributed by atoms with van der Waals surface area (Å²) in [6.45, 7) is 2.71. The smallest absolute Gasteiger partial charge is 0.208 e. The number of H-pyrrole nitrogens is 1. The summed E-state index contributed by atoms with van der Waals surface area (Å²) >= 11 is 0. The van der Waals surface area contributed by atoms with Crippen LogP contribution in [0.5, 0.6) is 0 Å². The van der Waals surface area contributed by atoms with Crippen molar-refractivity contribution in [1.82, 2.24) is 24.2 Å². The highest BCUT2D eigenvalue weighted by atomic mass is 32.2. The molecule has 2 aromatic heterocycles. The maximum absolute atomic E-state index is 11.3. The zero-order valence-electron chi connectivity index (χ0n) is 13.5. The molecule has 0 unspecified atom stereocenters. The fraction of sp³-hybridized carbons (Fsp3) is 0.250. The second kappa shape index (κ2) is 6.58. The van der Waals surface area contributed by atoms with Crippen LogP contribution in [-0.4, -0.2) is 40.7 Å². The van der Waals surface area contributed by atoms with E-state index in [9.17, 15) is 8.42 Å². The highest BCUT2D eigenvalue weighted by Gasteiger charge is 2.18. The van der Waals surface area contributed by atoms with E-state index in [1.54, 1.807) is 12.7 Å². The lowest BCUT2D eigenvalue weighted by Crippen LogP contribution is -2.26. The van der Waals surface area contributed by atoms with E-state index >= 15 is 0 Å². The van der Waals surface area contributed by atoms with Crippen LogP contribution >= 0.6 is 0 Å². The van der Waals surface area contributed by atoms with Crippen LogP contribution in [0.1, 0.15) is 5.69 Å². The summed E-state index contributed by atoms with van der Waals surface area (Å²) in [5.74, 6) is 0. The number of benzene rings is 1. The van der Waals surface area contributed by atoms with Crippen molar-refractivity contribution < 1.29 is 8.42 Å². The molecule has 0 fully saturated rings. The van der Waals surface area contributed by atoms with Gasteiger partial charge in [-0.3, -0.25) is 0 Å². The fourth-order valence-electron chi connectivity index (χ4n) is 2.56. The molecule has 0 atom stereocenters. The van der Waals surface area contributed by atoms with Gasteiger partial charge < -0.3 is 9.55 Å². The van der Waals surface area contributed by atoms with Crippen LogP contribution in [-0.2, 0) is 16.6 Å². The van der Waals surface area contributed by atoms with Crippen molar-refractivity contribution in [2.24, 2.45) is 0 Å². The van der Waals surface area contributed by atoms with E-state index in [1.807, 2.05) is 41.8 Å². The normalized spacial score (nSPS) is 11.8. The summed E-state index contributed by atoms with van der Waals surface area (Å²) in [5, 5.41) is 0. The lowest BCUT2D eigenvalue weighted by molar-refractivity contribution is 0.579. The first kappa shape index (κ1) is 16.4. The zero-order chi connectivity index (χ0) is 17.2. The van der Waals surface area contributed by atoms with E-state index in [0.29, 0.717) is 13.1 Å². The standard InChI is InChI=1S/C16H19N5O2S/c1-12-14(18-10-17-12)16-15(13-6-4-3-5-7-13)19-11-21(16)9-8-20-24(2,22)23/h3-7,10-11,20H,8-9H2,1-2H3,(H,17,18). The van der Waals surface area contributed by atoms with Crippen LogP contribution in [0.15, 0.2) is 43.0 Å². The number of imidazole rings is 2. The molecule has 8 heteroatoms. The number of rotatable bonds is 6. The van der Waals surface area contributed by atoms with Crippen molar-refractivity contribution in [3.63, 3.8) is 0 Å². The molecule has 0 aliphatic heterocycles. The van der Waals surface area contributed by atoms with E-state index in [-0.39, 0.29) is 0 Å². The Morgan fingerprint density at radius 3 is 2.54 bits per heavy atom. The van der Waals surface area contributed by atoms with Gasteiger partial charge in [-0.2, -0.15) is 0 Å². The molecule has 1 aromatic carbocycles. The molecule has 0 bridgehead atoms. The van der Waals surface area contributed by atoms with E-state index in [4.69, 9.17) is 0 Å². The monoisotopic (exact) mass is 345 g/mol. The van der Waals surface area contributed by atoms with Crippen LogP contribution < -0.4 is 4.72 Å². The highest BCUT2D eigenvalue weighted by molar-refractivity contribution is 7.88. The molecule has 3 rings (SSSR count). The van der Waals surface area contributed by atoms with Gasteiger partial charge in [-0.05, 0) is 6.92 Å². The molecule has 2 heterocycles. The van der Waals surface area contributed by atoms with Crippen molar-refractivity contribution in [3.8, 4) is 22.6 Å². The van der Waals surface area contributed by atoms with Crippen molar-refractivity contribution in [2.45, 2.75) is 13.5 Å². The molecule has 3 aromatic rings. The van der Waals surface area contributed by atoms with Crippen LogP contribution in [0, 0.1) is 6.92 Å². The van der Waals surface area contributed by atoms with Crippen molar-refractivity contribution in [1.29, 1.82) is 0 Å². The second-order valence-electron chi connectivity index (χ2n) is 5.54. The summed E-state index contributed by atoms with van der Waals surface area (Å²) in [6, 6.07) is 9.86. The minimum atomic E-state index is -3.22.